The van der Waals surface area contributed by atoms with Gasteiger partial charge >= 0.3 is 0 Å². The largest absolute Gasteiger partial charge is 0.324 e. The van der Waals surface area contributed by atoms with Gasteiger partial charge in [-0.1, -0.05) is 66.2 Å². The van der Waals surface area contributed by atoms with Crippen LogP contribution >= 0.6 is 15.9 Å². The molecule has 0 aliphatic heterocycles. The molecule has 0 saturated heterocycles. The minimum absolute atomic E-state index is 0.187. The molecule has 1 fully saturated rings. The fraction of sp³-hybridized carbons (Fsp3) is 0.600. The van der Waals surface area contributed by atoms with E-state index in [0.717, 1.165) is 12.3 Å². The normalized spacial score (nSPS) is 19.2. The van der Waals surface area contributed by atoms with Crippen molar-refractivity contribution in [3.05, 3.63) is 33.8 Å². The quantitative estimate of drug-likeness (QED) is 0.857. The van der Waals surface area contributed by atoms with Gasteiger partial charge in [0.15, 0.2) is 0 Å². The number of nitrogens with two attached hydrogens (primary N) is 1. The molecule has 94 valence electrons. The molecule has 1 aromatic rings. The molecule has 0 bridgehead atoms. The van der Waals surface area contributed by atoms with Gasteiger partial charge in [0, 0.05) is 10.5 Å². The molecular formula is C15H22BrN. The second-order valence-corrected chi connectivity index (χ2v) is 6.12. The van der Waals surface area contributed by atoms with Crippen molar-refractivity contribution in [2.75, 3.05) is 0 Å². The maximum Gasteiger partial charge on any atom is 0.0308 e. The third-order valence-corrected chi connectivity index (χ3v) is 5.02. The number of halogens is 1. The fourth-order valence-corrected chi connectivity index (χ4v) is 3.42. The second kappa shape index (κ2) is 6.01. The van der Waals surface area contributed by atoms with Crippen LogP contribution in [0.2, 0.25) is 0 Å². The van der Waals surface area contributed by atoms with E-state index in [4.69, 9.17) is 5.73 Å². The molecule has 1 nitrogen and oxygen atoms in total. The van der Waals surface area contributed by atoms with Gasteiger partial charge in [0.1, 0.15) is 0 Å². The van der Waals surface area contributed by atoms with Crippen LogP contribution in [-0.4, -0.2) is 0 Å². The highest BCUT2D eigenvalue weighted by atomic mass is 79.9. The fourth-order valence-electron chi connectivity index (χ4n) is 2.87. The average Bonchev–Trinajstić information content (AvgIpc) is 2.34. The van der Waals surface area contributed by atoms with Crippen LogP contribution in [0.25, 0.3) is 0 Å². The Kier molecular flexibility index (Phi) is 4.63. The van der Waals surface area contributed by atoms with Crippen LogP contribution in [-0.2, 0) is 0 Å². The van der Waals surface area contributed by atoms with E-state index in [1.54, 1.807) is 0 Å². The van der Waals surface area contributed by atoms with E-state index >= 15 is 0 Å². The summed E-state index contributed by atoms with van der Waals surface area (Å²) in [5, 5.41) is 0. The topological polar surface area (TPSA) is 26.0 Å². The van der Waals surface area contributed by atoms with Gasteiger partial charge in [-0.15, -0.1) is 0 Å². The Morgan fingerprint density at radius 3 is 2.71 bits per heavy atom. The highest BCUT2D eigenvalue weighted by molar-refractivity contribution is 9.10. The predicted octanol–water partition coefficient (Wildman–Crippen LogP) is 4.73. The second-order valence-electron chi connectivity index (χ2n) is 5.32. The maximum atomic E-state index is 6.37. The average molecular weight is 296 g/mol. The first-order chi connectivity index (χ1) is 8.18. The van der Waals surface area contributed by atoms with Crippen LogP contribution in [0.4, 0.5) is 0 Å². The smallest absolute Gasteiger partial charge is 0.0308 e. The molecular weight excluding hydrogens is 274 g/mol. The third-order valence-electron chi connectivity index (χ3n) is 3.93. The Balaban J connectivity index is 2.03. The first-order valence-electron chi connectivity index (χ1n) is 6.69. The van der Waals surface area contributed by atoms with Crippen molar-refractivity contribution in [1.29, 1.82) is 0 Å². The summed E-state index contributed by atoms with van der Waals surface area (Å²) >= 11 is 3.67. The highest BCUT2D eigenvalue weighted by Gasteiger charge is 2.19. The lowest BCUT2D eigenvalue weighted by Gasteiger charge is -2.25. The molecule has 2 heteroatoms. The highest BCUT2D eigenvalue weighted by Crippen LogP contribution is 2.33. The maximum absolute atomic E-state index is 6.37. The molecule has 1 unspecified atom stereocenters. The van der Waals surface area contributed by atoms with Gasteiger partial charge in [-0.05, 0) is 30.4 Å². The van der Waals surface area contributed by atoms with E-state index in [2.05, 4.69) is 41.1 Å². The first-order valence-corrected chi connectivity index (χ1v) is 7.48. The van der Waals surface area contributed by atoms with Crippen LogP contribution < -0.4 is 5.73 Å². The number of hydrogen-bond donors (Lipinski definition) is 1. The Morgan fingerprint density at radius 2 is 2.00 bits per heavy atom. The third kappa shape index (κ3) is 3.32. The Hall–Kier alpha value is -0.340. The number of hydrogen-bond acceptors (Lipinski definition) is 1. The van der Waals surface area contributed by atoms with Crippen LogP contribution in [0.3, 0.4) is 0 Å². The van der Waals surface area contributed by atoms with E-state index in [1.807, 2.05) is 0 Å². The molecule has 1 aromatic carbocycles. The van der Waals surface area contributed by atoms with Gasteiger partial charge < -0.3 is 5.73 Å². The minimum Gasteiger partial charge on any atom is -0.324 e. The van der Waals surface area contributed by atoms with Crippen molar-refractivity contribution in [3.8, 4) is 0 Å². The van der Waals surface area contributed by atoms with Crippen molar-refractivity contribution < 1.29 is 0 Å². The zero-order valence-corrected chi connectivity index (χ0v) is 12.2. The van der Waals surface area contributed by atoms with Crippen molar-refractivity contribution in [2.24, 2.45) is 11.7 Å². The molecule has 1 atom stereocenters. The molecule has 2 rings (SSSR count). The molecule has 0 radical (unpaired) electrons. The lowest BCUT2D eigenvalue weighted by molar-refractivity contribution is 0.319. The van der Waals surface area contributed by atoms with Gasteiger partial charge in [0.25, 0.3) is 0 Å². The molecule has 2 N–H and O–H groups in total. The summed E-state index contributed by atoms with van der Waals surface area (Å²) in [5.74, 6) is 0.839. The van der Waals surface area contributed by atoms with Crippen molar-refractivity contribution in [1.82, 2.24) is 0 Å². The van der Waals surface area contributed by atoms with Gasteiger partial charge in [0.05, 0.1) is 0 Å². The van der Waals surface area contributed by atoms with Gasteiger partial charge in [-0.25, -0.2) is 0 Å². The summed E-state index contributed by atoms with van der Waals surface area (Å²) in [6.45, 7) is 2.13. The molecule has 1 aliphatic carbocycles. The first kappa shape index (κ1) is 13.1. The van der Waals surface area contributed by atoms with Crippen molar-refractivity contribution in [3.63, 3.8) is 0 Å². The van der Waals surface area contributed by atoms with E-state index in [0.29, 0.717) is 0 Å². The lowest BCUT2D eigenvalue weighted by Crippen LogP contribution is -2.18. The zero-order chi connectivity index (χ0) is 12.3. The monoisotopic (exact) mass is 295 g/mol. The van der Waals surface area contributed by atoms with Crippen LogP contribution in [0.15, 0.2) is 22.7 Å². The summed E-state index contributed by atoms with van der Waals surface area (Å²) in [6.07, 6.45) is 8.09. The number of rotatable bonds is 3. The van der Waals surface area contributed by atoms with Gasteiger partial charge in [-0.2, -0.15) is 0 Å². The summed E-state index contributed by atoms with van der Waals surface area (Å²) in [7, 11) is 0. The Morgan fingerprint density at radius 1 is 1.29 bits per heavy atom. The summed E-state index contributed by atoms with van der Waals surface area (Å²) in [5.41, 5.74) is 8.92. The molecule has 1 saturated carbocycles. The van der Waals surface area contributed by atoms with E-state index in [1.165, 1.54) is 47.7 Å². The predicted molar refractivity (Wildman–Crippen MR) is 77.0 cm³/mol. The van der Waals surface area contributed by atoms with E-state index < -0.39 is 0 Å². The zero-order valence-electron chi connectivity index (χ0n) is 10.6. The van der Waals surface area contributed by atoms with Crippen LogP contribution in [0.1, 0.15) is 55.7 Å². The summed E-state index contributed by atoms with van der Waals surface area (Å²) < 4.78 is 1.20. The van der Waals surface area contributed by atoms with E-state index in [9.17, 15) is 0 Å². The Bertz CT molecular complexity index is 369. The number of aryl methyl sites for hydroxylation is 1. The molecule has 0 heterocycles. The lowest BCUT2D eigenvalue weighted by atomic mass is 9.83. The Labute approximate surface area is 113 Å². The number of benzene rings is 1. The molecule has 17 heavy (non-hydrogen) atoms. The van der Waals surface area contributed by atoms with Crippen LogP contribution in [0, 0.1) is 12.8 Å². The SMILES string of the molecule is Cc1cccc(C(N)CC2CCCCC2)c1Br. The molecule has 0 spiro atoms. The summed E-state index contributed by atoms with van der Waals surface area (Å²) in [6, 6.07) is 6.58. The van der Waals surface area contributed by atoms with Crippen molar-refractivity contribution >= 4 is 15.9 Å². The van der Waals surface area contributed by atoms with Gasteiger partial charge in [0.2, 0.25) is 0 Å². The van der Waals surface area contributed by atoms with Crippen LogP contribution in [0.5, 0.6) is 0 Å². The molecule has 1 aliphatic rings. The summed E-state index contributed by atoms with van der Waals surface area (Å²) in [4.78, 5) is 0. The standard InChI is InChI=1S/C15H22BrN/c1-11-6-5-9-13(15(11)16)14(17)10-12-7-3-2-4-8-12/h5-6,9,12,14H,2-4,7-8,10,17H2,1H3. The van der Waals surface area contributed by atoms with E-state index in [-0.39, 0.29) is 6.04 Å². The minimum atomic E-state index is 0.187. The van der Waals surface area contributed by atoms with Gasteiger partial charge in [-0.3, -0.25) is 0 Å². The molecule has 0 aromatic heterocycles. The van der Waals surface area contributed by atoms with Crippen molar-refractivity contribution in [2.45, 2.75) is 51.5 Å². The molecule has 0 amide bonds.